The van der Waals surface area contributed by atoms with Crippen LogP contribution < -0.4 is 0 Å². The molecule has 1 amide bonds. The van der Waals surface area contributed by atoms with Crippen molar-refractivity contribution in [2.75, 3.05) is 13.6 Å². The Hall–Kier alpha value is -1.56. The first kappa shape index (κ1) is 17.3. The fourth-order valence-electron chi connectivity index (χ4n) is 3.85. The fraction of sp³-hybridized carbons (Fsp3) is 0.611. The van der Waals surface area contributed by atoms with Gasteiger partial charge in [-0.05, 0) is 36.8 Å². The Bertz CT molecular complexity index is 617. The molecule has 6 heteroatoms. The normalized spacial score (nSPS) is 29.5. The zero-order valence-corrected chi connectivity index (χ0v) is 13.6. The number of carbonyl (C=O) groups is 1. The average molecular weight is 341 g/mol. The van der Waals surface area contributed by atoms with Gasteiger partial charge in [0.2, 0.25) is 5.91 Å². The molecule has 2 aliphatic carbocycles. The number of hydrogen-bond donors (Lipinski definition) is 1. The van der Waals surface area contributed by atoms with Crippen LogP contribution in [0.3, 0.4) is 0 Å². The van der Waals surface area contributed by atoms with Crippen LogP contribution in [0.4, 0.5) is 13.2 Å². The second-order valence-electron chi connectivity index (χ2n) is 7.01. The molecule has 2 fully saturated rings. The highest BCUT2D eigenvalue weighted by atomic mass is 19.4. The molecule has 4 atom stereocenters. The minimum Gasteiger partial charge on any atom is -0.393 e. The highest BCUT2D eigenvalue weighted by Gasteiger charge is 2.48. The van der Waals surface area contributed by atoms with E-state index in [4.69, 9.17) is 0 Å². The third kappa shape index (κ3) is 3.43. The summed E-state index contributed by atoms with van der Waals surface area (Å²) in [5.74, 6) is -0.766. The molecule has 0 heterocycles. The van der Waals surface area contributed by atoms with Gasteiger partial charge in [0.25, 0.3) is 0 Å². The topological polar surface area (TPSA) is 40.5 Å². The summed E-state index contributed by atoms with van der Waals surface area (Å²) >= 11 is 0. The Labute approximate surface area is 139 Å². The van der Waals surface area contributed by atoms with Crippen LogP contribution in [0.25, 0.3) is 0 Å². The van der Waals surface area contributed by atoms with E-state index in [1.807, 2.05) is 0 Å². The van der Waals surface area contributed by atoms with Gasteiger partial charge in [-0.1, -0.05) is 24.6 Å². The standard InChI is InChI=1S/C18H22F3NO2/c1-22(10-11-5-4-8-16(11)23)17(24)14-9-13(14)12-6-2-3-7-15(12)18(19,20)21/h2-3,6-7,11,13-14,16,23H,4-5,8-10H2,1H3. The van der Waals surface area contributed by atoms with Gasteiger partial charge in [-0.25, -0.2) is 0 Å². The molecule has 2 aliphatic rings. The Morgan fingerprint density at radius 2 is 2.00 bits per heavy atom. The number of hydrogen-bond acceptors (Lipinski definition) is 2. The number of rotatable bonds is 4. The van der Waals surface area contributed by atoms with Gasteiger partial charge in [0, 0.05) is 25.4 Å². The molecule has 0 spiro atoms. The van der Waals surface area contributed by atoms with Crippen molar-refractivity contribution in [2.45, 2.75) is 43.9 Å². The van der Waals surface area contributed by atoms with Crippen LogP contribution in [-0.2, 0) is 11.0 Å². The predicted molar refractivity (Wildman–Crippen MR) is 83.3 cm³/mol. The third-order valence-electron chi connectivity index (χ3n) is 5.28. The predicted octanol–water partition coefficient (Wildman–Crippen LogP) is 3.43. The number of halogens is 3. The largest absolute Gasteiger partial charge is 0.416 e. The maximum atomic E-state index is 13.1. The molecular formula is C18H22F3NO2. The summed E-state index contributed by atoms with van der Waals surface area (Å²) in [4.78, 5) is 14.1. The molecule has 1 N–H and O–H groups in total. The van der Waals surface area contributed by atoms with Crippen LogP contribution in [0.5, 0.6) is 0 Å². The number of alkyl halides is 3. The Balaban J connectivity index is 1.66. The number of amides is 1. The Morgan fingerprint density at radius 1 is 1.29 bits per heavy atom. The van der Waals surface area contributed by atoms with Crippen molar-refractivity contribution in [1.29, 1.82) is 0 Å². The molecule has 0 aromatic heterocycles. The van der Waals surface area contributed by atoms with E-state index < -0.39 is 11.7 Å². The second-order valence-corrected chi connectivity index (χ2v) is 7.01. The van der Waals surface area contributed by atoms with Gasteiger partial charge < -0.3 is 10.0 Å². The zero-order valence-electron chi connectivity index (χ0n) is 13.6. The van der Waals surface area contributed by atoms with Crippen LogP contribution in [-0.4, -0.2) is 35.6 Å². The number of aliphatic hydroxyl groups is 1. The number of aliphatic hydroxyl groups excluding tert-OH is 1. The van der Waals surface area contributed by atoms with Crippen LogP contribution in [0.15, 0.2) is 24.3 Å². The van der Waals surface area contributed by atoms with Crippen LogP contribution in [0.1, 0.15) is 42.7 Å². The van der Waals surface area contributed by atoms with Gasteiger partial charge in [0.1, 0.15) is 0 Å². The van der Waals surface area contributed by atoms with Gasteiger partial charge in [-0.15, -0.1) is 0 Å². The molecule has 3 nitrogen and oxygen atoms in total. The lowest BCUT2D eigenvalue weighted by atomic mass is 10.0. The van der Waals surface area contributed by atoms with E-state index >= 15 is 0 Å². The van der Waals surface area contributed by atoms with Gasteiger partial charge >= 0.3 is 6.18 Å². The third-order valence-corrected chi connectivity index (χ3v) is 5.28. The molecule has 3 rings (SSSR count). The minimum atomic E-state index is -4.40. The first-order valence-corrected chi connectivity index (χ1v) is 8.38. The first-order chi connectivity index (χ1) is 11.3. The molecular weight excluding hydrogens is 319 g/mol. The van der Waals surface area contributed by atoms with Crippen molar-refractivity contribution in [3.05, 3.63) is 35.4 Å². The highest BCUT2D eigenvalue weighted by molar-refractivity contribution is 5.83. The van der Waals surface area contributed by atoms with Crippen molar-refractivity contribution in [3.8, 4) is 0 Å². The van der Waals surface area contributed by atoms with Crippen molar-refractivity contribution in [3.63, 3.8) is 0 Å². The van der Waals surface area contributed by atoms with Gasteiger partial charge in [0.05, 0.1) is 11.7 Å². The van der Waals surface area contributed by atoms with Gasteiger partial charge in [-0.2, -0.15) is 13.2 Å². The van der Waals surface area contributed by atoms with Crippen molar-refractivity contribution in [2.24, 2.45) is 11.8 Å². The molecule has 4 unspecified atom stereocenters. The van der Waals surface area contributed by atoms with Crippen LogP contribution in [0.2, 0.25) is 0 Å². The maximum Gasteiger partial charge on any atom is 0.416 e. The van der Waals surface area contributed by atoms with E-state index in [-0.39, 0.29) is 35.3 Å². The van der Waals surface area contributed by atoms with Crippen molar-refractivity contribution < 1.29 is 23.1 Å². The van der Waals surface area contributed by atoms with E-state index in [1.54, 1.807) is 18.0 Å². The second kappa shape index (κ2) is 6.39. The molecule has 0 saturated heterocycles. The summed E-state index contributed by atoms with van der Waals surface area (Å²) in [6, 6.07) is 5.51. The molecule has 2 saturated carbocycles. The molecule has 0 radical (unpaired) electrons. The summed E-state index contributed by atoms with van der Waals surface area (Å²) < 4.78 is 39.3. The monoisotopic (exact) mass is 341 g/mol. The SMILES string of the molecule is CN(CC1CCCC1O)C(=O)C1CC1c1ccccc1C(F)(F)F. The lowest BCUT2D eigenvalue weighted by Crippen LogP contribution is -2.35. The Kier molecular flexibility index (Phi) is 4.60. The maximum absolute atomic E-state index is 13.1. The van der Waals surface area contributed by atoms with E-state index in [1.165, 1.54) is 12.1 Å². The minimum absolute atomic E-state index is 0.0820. The Morgan fingerprint density at radius 3 is 2.62 bits per heavy atom. The number of nitrogens with zero attached hydrogens (tertiary/aromatic N) is 1. The van der Waals surface area contributed by atoms with Crippen LogP contribution in [0, 0.1) is 11.8 Å². The summed E-state index contributed by atoms with van der Waals surface area (Å²) in [6.07, 6.45) is -1.70. The summed E-state index contributed by atoms with van der Waals surface area (Å²) in [6.45, 7) is 0.476. The zero-order chi connectivity index (χ0) is 17.5. The molecule has 0 bridgehead atoms. The number of carbonyl (C=O) groups excluding carboxylic acids is 1. The van der Waals surface area contributed by atoms with Gasteiger partial charge in [0.15, 0.2) is 0 Å². The van der Waals surface area contributed by atoms with E-state index in [2.05, 4.69) is 0 Å². The van der Waals surface area contributed by atoms with E-state index in [0.717, 1.165) is 25.3 Å². The molecule has 1 aromatic rings. The molecule has 24 heavy (non-hydrogen) atoms. The average Bonchev–Trinajstić information content (AvgIpc) is 3.23. The smallest absolute Gasteiger partial charge is 0.393 e. The summed E-state index contributed by atoms with van der Waals surface area (Å²) in [5, 5.41) is 9.87. The van der Waals surface area contributed by atoms with E-state index in [9.17, 15) is 23.1 Å². The number of benzene rings is 1. The highest BCUT2D eigenvalue weighted by Crippen LogP contribution is 2.51. The molecule has 0 aliphatic heterocycles. The van der Waals surface area contributed by atoms with Crippen LogP contribution >= 0.6 is 0 Å². The van der Waals surface area contributed by atoms with Gasteiger partial charge in [-0.3, -0.25) is 4.79 Å². The lowest BCUT2D eigenvalue weighted by Gasteiger charge is -2.23. The summed E-state index contributed by atoms with van der Waals surface area (Å²) in [7, 11) is 1.68. The van der Waals surface area contributed by atoms with Crippen molar-refractivity contribution >= 4 is 5.91 Å². The molecule has 132 valence electrons. The fourth-order valence-corrected chi connectivity index (χ4v) is 3.85. The first-order valence-electron chi connectivity index (χ1n) is 8.38. The quantitative estimate of drug-likeness (QED) is 0.911. The van der Waals surface area contributed by atoms with Crippen molar-refractivity contribution in [1.82, 2.24) is 4.90 Å². The molecule has 1 aromatic carbocycles. The summed E-state index contributed by atoms with van der Waals surface area (Å²) in [5.41, 5.74) is -0.420. The lowest BCUT2D eigenvalue weighted by molar-refractivity contribution is -0.138. The van der Waals surface area contributed by atoms with E-state index in [0.29, 0.717) is 13.0 Å².